The number of furan rings is 1. The summed E-state index contributed by atoms with van der Waals surface area (Å²) in [6, 6.07) is 5.69. The summed E-state index contributed by atoms with van der Waals surface area (Å²) in [5.74, 6) is 0.977. The van der Waals surface area contributed by atoms with Gasteiger partial charge in [0.15, 0.2) is 0 Å². The van der Waals surface area contributed by atoms with Crippen LogP contribution < -0.4 is 5.32 Å². The highest BCUT2D eigenvalue weighted by Gasteiger charge is 2.09. The van der Waals surface area contributed by atoms with Crippen molar-refractivity contribution in [3.63, 3.8) is 0 Å². The van der Waals surface area contributed by atoms with Crippen molar-refractivity contribution in [2.24, 2.45) is 0 Å². The molecular weight excluding hydrogens is 198 g/mol. The van der Waals surface area contributed by atoms with E-state index in [-0.39, 0.29) is 0 Å². The molecule has 1 aromatic carbocycles. The van der Waals surface area contributed by atoms with Crippen LogP contribution in [0.3, 0.4) is 0 Å². The van der Waals surface area contributed by atoms with Crippen LogP contribution in [0.1, 0.15) is 11.3 Å². The first-order valence-corrected chi connectivity index (χ1v) is 4.92. The molecule has 1 aromatic heterocycles. The van der Waals surface area contributed by atoms with Crippen molar-refractivity contribution in [2.45, 2.75) is 13.5 Å². The van der Waals surface area contributed by atoms with Crippen molar-refractivity contribution in [3.8, 4) is 0 Å². The molecular formula is C11H12ClNO. The van der Waals surface area contributed by atoms with Gasteiger partial charge in [-0.1, -0.05) is 11.6 Å². The normalized spacial score (nSPS) is 11.1. The van der Waals surface area contributed by atoms with Crippen LogP contribution in [0.5, 0.6) is 0 Å². The summed E-state index contributed by atoms with van der Waals surface area (Å²) in [5, 5.41) is 4.92. The Kier molecular flexibility index (Phi) is 2.48. The molecule has 0 bridgehead atoms. The summed E-state index contributed by atoms with van der Waals surface area (Å²) < 4.78 is 5.67. The first-order chi connectivity index (χ1) is 6.72. The van der Waals surface area contributed by atoms with Crippen molar-refractivity contribution in [2.75, 3.05) is 7.05 Å². The first-order valence-electron chi connectivity index (χ1n) is 4.54. The van der Waals surface area contributed by atoms with E-state index < -0.39 is 0 Å². The minimum Gasteiger partial charge on any atom is -0.459 e. The number of halogens is 1. The highest BCUT2D eigenvalue weighted by atomic mass is 35.5. The lowest BCUT2D eigenvalue weighted by Gasteiger charge is -1.94. The van der Waals surface area contributed by atoms with E-state index in [4.69, 9.17) is 16.0 Å². The van der Waals surface area contributed by atoms with Crippen molar-refractivity contribution in [3.05, 3.63) is 34.5 Å². The number of benzene rings is 1. The van der Waals surface area contributed by atoms with Gasteiger partial charge < -0.3 is 9.73 Å². The molecule has 0 atom stereocenters. The number of hydrogen-bond acceptors (Lipinski definition) is 2. The lowest BCUT2D eigenvalue weighted by molar-refractivity contribution is 0.527. The Hall–Kier alpha value is -0.990. The third-order valence-electron chi connectivity index (χ3n) is 2.33. The van der Waals surface area contributed by atoms with Crippen LogP contribution in [-0.2, 0) is 6.54 Å². The van der Waals surface area contributed by atoms with Crippen molar-refractivity contribution in [1.82, 2.24) is 5.32 Å². The molecule has 0 amide bonds. The zero-order valence-corrected chi connectivity index (χ0v) is 8.98. The van der Waals surface area contributed by atoms with Gasteiger partial charge in [-0.15, -0.1) is 0 Å². The first kappa shape index (κ1) is 9.56. The lowest BCUT2D eigenvalue weighted by atomic mass is 10.1. The zero-order chi connectivity index (χ0) is 10.1. The summed E-state index contributed by atoms with van der Waals surface area (Å²) in [6.45, 7) is 2.80. The fourth-order valence-electron chi connectivity index (χ4n) is 1.57. The third-order valence-corrected chi connectivity index (χ3v) is 2.57. The average molecular weight is 210 g/mol. The number of hydrogen-bond donors (Lipinski definition) is 1. The molecule has 1 N–H and O–H groups in total. The molecule has 0 fully saturated rings. The molecule has 1 heterocycles. The second kappa shape index (κ2) is 3.64. The van der Waals surface area contributed by atoms with Gasteiger partial charge in [-0.05, 0) is 37.7 Å². The van der Waals surface area contributed by atoms with Crippen molar-refractivity contribution < 1.29 is 4.42 Å². The Morgan fingerprint density at radius 1 is 1.43 bits per heavy atom. The van der Waals surface area contributed by atoms with Gasteiger partial charge in [0.05, 0.1) is 6.54 Å². The Balaban J connectivity index is 2.62. The fourth-order valence-corrected chi connectivity index (χ4v) is 1.75. The van der Waals surface area contributed by atoms with E-state index in [0.29, 0.717) is 0 Å². The summed E-state index contributed by atoms with van der Waals surface area (Å²) in [7, 11) is 1.90. The van der Waals surface area contributed by atoms with Gasteiger partial charge >= 0.3 is 0 Å². The molecule has 0 aliphatic heterocycles. The van der Waals surface area contributed by atoms with Crippen LogP contribution in [0.2, 0.25) is 5.02 Å². The molecule has 2 rings (SSSR count). The Morgan fingerprint density at radius 3 is 2.93 bits per heavy atom. The van der Waals surface area contributed by atoms with Gasteiger partial charge in [-0.25, -0.2) is 0 Å². The molecule has 14 heavy (non-hydrogen) atoms. The monoisotopic (exact) mass is 209 g/mol. The molecule has 0 saturated carbocycles. The van der Waals surface area contributed by atoms with Crippen molar-refractivity contribution >= 4 is 22.6 Å². The van der Waals surface area contributed by atoms with E-state index in [1.54, 1.807) is 0 Å². The molecule has 0 aliphatic rings. The minimum atomic E-state index is 0.748. The molecule has 2 aromatic rings. The molecule has 74 valence electrons. The van der Waals surface area contributed by atoms with Crippen LogP contribution >= 0.6 is 11.6 Å². The minimum absolute atomic E-state index is 0.748. The standard InChI is InChI=1S/C11H12ClNO/c1-7-9-5-8(12)3-4-10(9)14-11(7)6-13-2/h3-5,13H,6H2,1-2H3. The Labute approximate surface area is 87.9 Å². The molecule has 0 radical (unpaired) electrons. The number of rotatable bonds is 2. The maximum absolute atomic E-state index is 5.92. The number of nitrogens with one attached hydrogen (secondary N) is 1. The smallest absolute Gasteiger partial charge is 0.134 e. The van der Waals surface area contributed by atoms with Crippen LogP contribution in [0, 0.1) is 6.92 Å². The van der Waals surface area contributed by atoms with Crippen LogP contribution in [0.15, 0.2) is 22.6 Å². The largest absolute Gasteiger partial charge is 0.459 e. The second-order valence-corrected chi connectivity index (χ2v) is 3.76. The quantitative estimate of drug-likeness (QED) is 0.822. The Morgan fingerprint density at radius 2 is 2.21 bits per heavy atom. The topological polar surface area (TPSA) is 25.2 Å². The van der Waals surface area contributed by atoms with Gasteiger partial charge in [0, 0.05) is 10.4 Å². The Bertz CT molecular complexity index is 462. The SMILES string of the molecule is CNCc1oc2ccc(Cl)cc2c1C. The summed E-state index contributed by atoms with van der Waals surface area (Å²) in [6.07, 6.45) is 0. The summed E-state index contributed by atoms with van der Waals surface area (Å²) in [4.78, 5) is 0. The zero-order valence-electron chi connectivity index (χ0n) is 8.23. The molecule has 0 saturated heterocycles. The van der Waals surface area contributed by atoms with E-state index in [9.17, 15) is 0 Å². The lowest BCUT2D eigenvalue weighted by Crippen LogP contribution is -2.04. The van der Waals surface area contributed by atoms with Crippen LogP contribution in [0.4, 0.5) is 0 Å². The number of fused-ring (bicyclic) bond motifs is 1. The van der Waals surface area contributed by atoms with E-state index in [0.717, 1.165) is 33.9 Å². The van der Waals surface area contributed by atoms with Gasteiger partial charge in [-0.2, -0.15) is 0 Å². The van der Waals surface area contributed by atoms with E-state index >= 15 is 0 Å². The summed E-state index contributed by atoms with van der Waals surface area (Å²) in [5.41, 5.74) is 2.06. The third kappa shape index (κ3) is 1.51. The molecule has 2 nitrogen and oxygen atoms in total. The molecule has 3 heteroatoms. The predicted molar refractivity (Wildman–Crippen MR) is 58.7 cm³/mol. The predicted octanol–water partition coefficient (Wildman–Crippen LogP) is 3.11. The van der Waals surface area contributed by atoms with Gasteiger partial charge in [-0.3, -0.25) is 0 Å². The van der Waals surface area contributed by atoms with Crippen LogP contribution in [-0.4, -0.2) is 7.05 Å². The maximum atomic E-state index is 5.92. The fraction of sp³-hybridized carbons (Fsp3) is 0.273. The highest BCUT2D eigenvalue weighted by Crippen LogP contribution is 2.27. The van der Waals surface area contributed by atoms with Gasteiger partial charge in [0.1, 0.15) is 11.3 Å². The summed E-state index contributed by atoms with van der Waals surface area (Å²) >= 11 is 5.92. The molecule has 0 aliphatic carbocycles. The van der Waals surface area contributed by atoms with Crippen molar-refractivity contribution in [1.29, 1.82) is 0 Å². The molecule has 0 spiro atoms. The van der Waals surface area contributed by atoms with Gasteiger partial charge in [0.2, 0.25) is 0 Å². The average Bonchev–Trinajstić information content (AvgIpc) is 2.46. The van der Waals surface area contributed by atoms with E-state index in [1.165, 1.54) is 0 Å². The highest BCUT2D eigenvalue weighted by molar-refractivity contribution is 6.31. The maximum Gasteiger partial charge on any atom is 0.134 e. The van der Waals surface area contributed by atoms with Crippen LogP contribution in [0.25, 0.3) is 11.0 Å². The molecule has 0 unspecified atom stereocenters. The second-order valence-electron chi connectivity index (χ2n) is 3.32. The van der Waals surface area contributed by atoms with E-state index in [1.807, 2.05) is 25.2 Å². The number of aryl methyl sites for hydroxylation is 1. The van der Waals surface area contributed by atoms with Gasteiger partial charge in [0.25, 0.3) is 0 Å². The van der Waals surface area contributed by atoms with E-state index in [2.05, 4.69) is 12.2 Å².